The third-order valence-corrected chi connectivity index (χ3v) is 4.99. The summed E-state index contributed by atoms with van der Waals surface area (Å²) in [5.74, 6) is -3.66. The molecule has 0 bridgehead atoms. The summed E-state index contributed by atoms with van der Waals surface area (Å²) in [6.45, 7) is 0. The van der Waals surface area contributed by atoms with E-state index in [0.29, 0.717) is 18.2 Å². The van der Waals surface area contributed by atoms with E-state index in [1.807, 2.05) is 0 Å². The van der Waals surface area contributed by atoms with Crippen LogP contribution in [0.1, 0.15) is 16.7 Å². The van der Waals surface area contributed by atoms with Crippen molar-refractivity contribution in [2.75, 3.05) is 0 Å². The highest BCUT2D eigenvalue weighted by atomic mass is 32.2. The van der Waals surface area contributed by atoms with E-state index in [0.717, 1.165) is 6.07 Å². The number of sulfone groups is 1. The minimum atomic E-state index is -5.45. The first-order chi connectivity index (χ1) is 11.7. The molecule has 11 heteroatoms. The van der Waals surface area contributed by atoms with Crippen LogP contribution in [0.3, 0.4) is 0 Å². The monoisotopic (exact) mass is 404 g/mol. The zero-order chi connectivity index (χ0) is 19.9. The van der Waals surface area contributed by atoms with Gasteiger partial charge in [-0.3, -0.25) is 0 Å². The van der Waals surface area contributed by atoms with Crippen molar-refractivity contribution in [2.24, 2.45) is 0 Å². The largest absolute Gasteiger partial charge is 0.417 e. The van der Waals surface area contributed by atoms with Gasteiger partial charge in [-0.25, -0.2) is 17.2 Å². The lowest BCUT2D eigenvalue weighted by atomic mass is 10.1. The first-order valence-electron chi connectivity index (χ1n) is 6.67. The van der Waals surface area contributed by atoms with Crippen LogP contribution in [0.5, 0.6) is 0 Å². The molecule has 2 aromatic carbocycles. The summed E-state index contributed by atoms with van der Waals surface area (Å²) in [5, 5.41) is 0. The van der Waals surface area contributed by atoms with Gasteiger partial charge in [-0.2, -0.15) is 26.3 Å². The summed E-state index contributed by atoms with van der Waals surface area (Å²) in [5.41, 5.74) is -4.47. The van der Waals surface area contributed by atoms with Crippen molar-refractivity contribution in [1.82, 2.24) is 0 Å². The van der Waals surface area contributed by atoms with Gasteiger partial charge in [-0.1, -0.05) is 6.07 Å². The molecule has 0 aliphatic carbocycles. The summed E-state index contributed by atoms with van der Waals surface area (Å²) >= 11 is 0. The smallest absolute Gasteiger partial charge is 0.223 e. The van der Waals surface area contributed by atoms with Gasteiger partial charge < -0.3 is 0 Å². The van der Waals surface area contributed by atoms with Gasteiger partial charge in [0.05, 0.1) is 21.8 Å². The molecule has 26 heavy (non-hydrogen) atoms. The Hall–Kier alpha value is -2.17. The fraction of sp³-hybridized carbons (Fsp3) is 0.200. The van der Waals surface area contributed by atoms with Crippen molar-refractivity contribution >= 4 is 9.84 Å². The van der Waals surface area contributed by atoms with Gasteiger partial charge in [-0.05, 0) is 35.9 Å². The van der Waals surface area contributed by atoms with Gasteiger partial charge >= 0.3 is 12.4 Å². The molecule has 0 radical (unpaired) electrons. The van der Waals surface area contributed by atoms with Crippen LogP contribution in [-0.2, 0) is 27.9 Å². The van der Waals surface area contributed by atoms with Crippen LogP contribution in [-0.4, -0.2) is 8.42 Å². The summed E-state index contributed by atoms with van der Waals surface area (Å²) < 4.78 is 127. The van der Waals surface area contributed by atoms with E-state index < -0.39 is 55.6 Å². The van der Waals surface area contributed by atoms with E-state index in [9.17, 15) is 43.5 Å². The van der Waals surface area contributed by atoms with E-state index in [2.05, 4.69) is 0 Å². The first kappa shape index (κ1) is 20.1. The van der Waals surface area contributed by atoms with Crippen LogP contribution < -0.4 is 0 Å². The fourth-order valence-electron chi connectivity index (χ4n) is 2.13. The molecule has 0 amide bonds. The van der Waals surface area contributed by atoms with Gasteiger partial charge in [0.15, 0.2) is 21.5 Å². The Bertz CT molecular complexity index is 930. The van der Waals surface area contributed by atoms with Gasteiger partial charge in [-0.15, -0.1) is 0 Å². The molecule has 0 aliphatic heterocycles. The molecular formula is C15H8F8O2S. The zero-order valence-electron chi connectivity index (χ0n) is 12.4. The maximum absolute atomic E-state index is 13.1. The molecule has 0 saturated carbocycles. The molecule has 0 aromatic heterocycles. The lowest BCUT2D eigenvalue weighted by molar-refractivity contribution is -0.162. The Morgan fingerprint density at radius 3 is 1.81 bits per heavy atom. The zero-order valence-corrected chi connectivity index (χ0v) is 13.2. The van der Waals surface area contributed by atoms with E-state index in [1.54, 1.807) is 0 Å². The molecule has 0 spiro atoms. The third kappa shape index (κ3) is 4.32. The van der Waals surface area contributed by atoms with E-state index >= 15 is 0 Å². The van der Waals surface area contributed by atoms with Crippen LogP contribution in [0, 0.1) is 11.6 Å². The minimum absolute atomic E-state index is 0.0148. The predicted octanol–water partition coefficient (Wildman–Crippen LogP) is 4.98. The second kappa shape index (κ2) is 6.53. The van der Waals surface area contributed by atoms with Gasteiger partial charge in [0, 0.05) is 0 Å². The van der Waals surface area contributed by atoms with Crippen LogP contribution in [0.2, 0.25) is 0 Å². The van der Waals surface area contributed by atoms with Crippen molar-refractivity contribution in [3.05, 3.63) is 64.7 Å². The Morgan fingerprint density at radius 2 is 1.31 bits per heavy atom. The molecule has 2 rings (SSSR count). The second-order valence-corrected chi connectivity index (χ2v) is 7.20. The molecule has 0 heterocycles. The van der Waals surface area contributed by atoms with Crippen LogP contribution >= 0.6 is 0 Å². The summed E-state index contributed by atoms with van der Waals surface area (Å²) in [6.07, 6.45) is -10.8. The lowest BCUT2D eigenvalue weighted by Gasteiger charge is -2.16. The van der Waals surface area contributed by atoms with Crippen molar-refractivity contribution in [3.8, 4) is 0 Å². The van der Waals surface area contributed by atoms with Crippen molar-refractivity contribution in [2.45, 2.75) is 23.0 Å². The molecule has 0 fully saturated rings. The number of halogens is 8. The maximum Gasteiger partial charge on any atom is 0.417 e. The minimum Gasteiger partial charge on any atom is -0.223 e. The van der Waals surface area contributed by atoms with Crippen LogP contribution in [0.15, 0.2) is 41.3 Å². The molecule has 2 aromatic rings. The highest BCUT2D eigenvalue weighted by Crippen LogP contribution is 2.41. The molecule has 0 saturated heterocycles. The summed E-state index contributed by atoms with van der Waals surface area (Å²) in [6, 6.07) is 2.31. The number of alkyl halides is 6. The van der Waals surface area contributed by atoms with E-state index in [-0.39, 0.29) is 17.7 Å². The normalized spacial score (nSPS) is 13.1. The first-order valence-corrected chi connectivity index (χ1v) is 8.32. The molecule has 0 N–H and O–H groups in total. The number of hydrogen-bond donors (Lipinski definition) is 0. The topological polar surface area (TPSA) is 34.1 Å². The molecule has 0 unspecified atom stereocenters. The molecular weight excluding hydrogens is 396 g/mol. The van der Waals surface area contributed by atoms with Crippen molar-refractivity contribution in [1.29, 1.82) is 0 Å². The second-order valence-electron chi connectivity index (χ2n) is 5.21. The fourth-order valence-corrected chi connectivity index (χ4v) is 3.49. The van der Waals surface area contributed by atoms with Gasteiger partial charge in [0.25, 0.3) is 0 Å². The third-order valence-electron chi connectivity index (χ3n) is 3.30. The lowest BCUT2D eigenvalue weighted by Crippen LogP contribution is -2.18. The standard InChI is InChI=1S/C15H8F8O2S/c16-12-4-1-8(5-13(12)17)7-26(24,25)9-2-3-10(14(18,19)20)11(6-9)15(21,22)23/h1-6H,7H2. The SMILES string of the molecule is O=S(=O)(Cc1ccc(F)c(F)c1)c1ccc(C(F)(F)F)c(C(F)(F)F)c1. The molecule has 0 atom stereocenters. The Kier molecular flexibility index (Phi) is 5.06. The molecule has 2 nitrogen and oxygen atoms in total. The highest BCUT2D eigenvalue weighted by Gasteiger charge is 2.43. The quantitative estimate of drug-likeness (QED) is 0.677. The van der Waals surface area contributed by atoms with Crippen molar-refractivity contribution < 1.29 is 43.5 Å². The average molecular weight is 404 g/mol. The molecule has 0 aliphatic rings. The van der Waals surface area contributed by atoms with Crippen LogP contribution in [0.4, 0.5) is 35.1 Å². The Balaban J connectivity index is 2.51. The van der Waals surface area contributed by atoms with E-state index in [1.165, 1.54) is 0 Å². The van der Waals surface area contributed by atoms with E-state index in [4.69, 9.17) is 0 Å². The summed E-state index contributed by atoms with van der Waals surface area (Å²) in [7, 11) is -4.54. The van der Waals surface area contributed by atoms with Crippen LogP contribution in [0.25, 0.3) is 0 Å². The molecule has 142 valence electrons. The predicted molar refractivity (Wildman–Crippen MR) is 73.7 cm³/mol. The van der Waals surface area contributed by atoms with Gasteiger partial charge in [0.1, 0.15) is 0 Å². The maximum atomic E-state index is 13.1. The number of hydrogen-bond acceptors (Lipinski definition) is 2. The summed E-state index contributed by atoms with van der Waals surface area (Å²) in [4.78, 5) is -1.03. The van der Waals surface area contributed by atoms with Crippen molar-refractivity contribution in [3.63, 3.8) is 0 Å². The average Bonchev–Trinajstić information content (AvgIpc) is 2.48. The Labute approximate surface area is 142 Å². The number of benzene rings is 2. The number of rotatable bonds is 3. The highest BCUT2D eigenvalue weighted by molar-refractivity contribution is 7.90. The van der Waals surface area contributed by atoms with Gasteiger partial charge in [0.2, 0.25) is 0 Å². The Morgan fingerprint density at radius 1 is 0.731 bits per heavy atom.